The van der Waals surface area contributed by atoms with Gasteiger partial charge in [-0.3, -0.25) is 0 Å². The minimum Gasteiger partial charge on any atom is -0.467 e. The van der Waals surface area contributed by atoms with Crippen LogP contribution in [0.25, 0.3) is 0 Å². The Labute approximate surface area is 89.8 Å². The first-order chi connectivity index (χ1) is 6.85. The zero-order valence-electron chi connectivity index (χ0n) is 9.66. The van der Waals surface area contributed by atoms with Crippen LogP contribution in [0.2, 0.25) is 0 Å². The molecule has 2 amide bonds. The van der Waals surface area contributed by atoms with E-state index >= 15 is 0 Å². The van der Waals surface area contributed by atoms with Crippen molar-refractivity contribution in [3.63, 3.8) is 0 Å². The molecule has 1 atom stereocenters. The normalized spacial score (nSPS) is 20.5. The standard InChI is InChI=1S/C10H18N2O3/c1-10(2,3)11-9(14)12-6-5-7(12)8(13)15-4/h7H,5-6H2,1-4H3,(H,11,14). The van der Waals surface area contributed by atoms with E-state index in [9.17, 15) is 9.59 Å². The van der Waals surface area contributed by atoms with Crippen LogP contribution in [0.4, 0.5) is 4.79 Å². The Morgan fingerprint density at radius 2 is 2.00 bits per heavy atom. The first-order valence-electron chi connectivity index (χ1n) is 5.02. The Kier molecular flexibility index (Phi) is 3.21. The Morgan fingerprint density at radius 1 is 1.40 bits per heavy atom. The van der Waals surface area contributed by atoms with Gasteiger partial charge in [0.2, 0.25) is 0 Å². The number of nitrogens with one attached hydrogen (secondary N) is 1. The first-order valence-corrected chi connectivity index (χ1v) is 5.02. The number of nitrogens with zero attached hydrogens (tertiary/aromatic N) is 1. The SMILES string of the molecule is COC(=O)C1CCN1C(=O)NC(C)(C)C. The average molecular weight is 214 g/mol. The van der Waals surface area contributed by atoms with E-state index in [1.165, 1.54) is 12.0 Å². The van der Waals surface area contributed by atoms with Crippen molar-refractivity contribution in [2.45, 2.75) is 38.8 Å². The Hall–Kier alpha value is -1.26. The second kappa shape index (κ2) is 4.08. The summed E-state index contributed by atoms with van der Waals surface area (Å²) in [7, 11) is 1.33. The average Bonchev–Trinajstić information content (AvgIpc) is 1.97. The number of carbonyl (C=O) groups is 2. The molecule has 0 aromatic rings. The van der Waals surface area contributed by atoms with E-state index in [0.717, 1.165) is 0 Å². The van der Waals surface area contributed by atoms with Crippen LogP contribution >= 0.6 is 0 Å². The lowest BCUT2D eigenvalue weighted by Crippen LogP contribution is -2.60. The molecule has 1 heterocycles. The summed E-state index contributed by atoms with van der Waals surface area (Å²) < 4.78 is 4.60. The smallest absolute Gasteiger partial charge is 0.328 e. The number of ether oxygens (including phenoxy) is 1. The highest BCUT2D eigenvalue weighted by Crippen LogP contribution is 2.19. The van der Waals surface area contributed by atoms with E-state index in [2.05, 4.69) is 10.1 Å². The molecule has 0 spiro atoms. The van der Waals surface area contributed by atoms with Gasteiger partial charge in [-0.15, -0.1) is 0 Å². The molecule has 1 aliphatic rings. The van der Waals surface area contributed by atoms with E-state index in [0.29, 0.717) is 13.0 Å². The van der Waals surface area contributed by atoms with Gasteiger partial charge in [-0.2, -0.15) is 0 Å². The van der Waals surface area contributed by atoms with Crippen LogP contribution in [0.15, 0.2) is 0 Å². The lowest BCUT2D eigenvalue weighted by Gasteiger charge is -2.40. The highest BCUT2D eigenvalue weighted by atomic mass is 16.5. The topological polar surface area (TPSA) is 58.6 Å². The van der Waals surface area contributed by atoms with Crippen LogP contribution in [-0.2, 0) is 9.53 Å². The fraction of sp³-hybridized carbons (Fsp3) is 0.800. The monoisotopic (exact) mass is 214 g/mol. The quantitative estimate of drug-likeness (QED) is 0.655. The second-order valence-electron chi connectivity index (χ2n) is 4.70. The molecule has 1 aliphatic heterocycles. The summed E-state index contributed by atoms with van der Waals surface area (Å²) in [6, 6.07) is -0.610. The summed E-state index contributed by atoms with van der Waals surface area (Å²) in [5, 5.41) is 2.81. The van der Waals surface area contributed by atoms with Gasteiger partial charge in [0, 0.05) is 12.1 Å². The third kappa shape index (κ3) is 2.84. The molecule has 0 aromatic carbocycles. The van der Waals surface area contributed by atoms with Crippen molar-refractivity contribution in [1.29, 1.82) is 0 Å². The fourth-order valence-electron chi connectivity index (χ4n) is 1.40. The number of methoxy groups -OCH3 is 1. The van der Waals surface area contributed by atoms with Gasteiger partial charge in [0.15, 0.2) is 0 Å². The Bertz CT molecular complexity index is 270. The van der Waals surface area contributed by atoms with Gasteiger partial charge in [0.05, 0.1) is 7.11 Å². The lowest BCUT2D eigenvalue weighted by atomic mass is 10.0. The van der Waals surface area contributed by atoms with Crippen molar-refractivity contribution in [3.8, 4) is 0 Å². The molecule has 5 nitrogen and oxygen atoms in total. The van der Waals surface area contributed by atoms with E-state index in [1.807, 2.05) is 20.8 Å². The molecule has 0 aromatic heterocycles. The molecule has 1 rings (SSSR count). The molecule has 86 valence electrons. The van der Waals surface area contributed by atoms with Crippen LogP contribution in [0, 0.1) is 0 Å². The minimum absolute atomic E-state index is 0.204. The molecule has 1 fully saturated rings. The molecule has 0 aliphatic carbocycles. The van der Waals surface area contributed by atoms with Gasteiger partial charge in [-0.25, -0.2) is 9.59 Å². The van der Waals surface area contributed by atoms with Crippen molar-refractivity contribution in [2.24, 2.45) is 0 Å². The molecule has 1 N–H and O–H groups in total. The predicted molar refractivity (Wildman–Crippen MR) is 55.4 cm³/mol. The molecular formula is C10H18N2O3. The van der Waals surface area contributed by atoms with Crippen molar-refractivity contribution >= 4 is 12.0 Å². The molecular weight excluding hydrogens is 196 g/mol. The maximum atomic E-state index is 11.7. The van der Waals surface area contributed by atoms with Gasteiger partial charge >= 0.3 is 12.0 Å². The molecule has 0 saturated carbocycles. The Balaban J connectivity index is 2.51. The highest BCUT2D eigenvalue weighted by Gasteiger charge is 2.39. The maximum Gasteiger partial charge on any atom is 0.328 e. The molecule has 15 heavy (non-hydrogen) atoms. The van der Waals surface area contributed by atoms with Gasteiger partial charge in [0.1, 0.15) is 6.04 Å². The van der Waals surface area contributed by atoms with Crippen LogP contribution < -0.4 is 5.32 Å². The van der Waals surface area contributed by atoms with Crippen LogP contribution in [0.3, 0.4) is 0 Å². The Morgan fingerprint density at radius 3 is 2.33 bits per heavy atom. The van der Waals surface area contributed by atoms with Gasteiger partial charge in [0.25, 0.3) is 0 Å². The minimum atomic E-state index is -0.405. The summed E-state index contributed by atoms with van der Waals surface area (Å²) >= 11 is 0. The van der Waals surface area contributed by atoms with Crippen molar-refractivity contribution in [3.05, 3.63) is 0 Å². The number of urea groups is 1. The maximum absolute atomic E-state index is 11.7. The predicted octanol–water partition coefficient (Wildman–Crippen LogP) is 0.742. The number of esters is 1. The van der Waals surface area contributed by atoms with E-state index in [1.54, 1.807) is 0 Å². The zero-order chi connectivity index (χ0) is 11.6. The third-order valence-corrected chi connectivity index (χ3v) is 2.24. The third-order valence-electron chi connectivity index (χ3n) is 2.24. The number of likely N-dealkylation sites (tertiary alicyclic amines) is 1. The lowest BCUT2D eigenvalue weighted by molar-refractivity contribution is -0.149. The largest absolute Gasteiger partial charge is 0.467 e. The second-order valence-corrected chi connectivity index (χ2v) is 4.70. The van der Waals surface area contributed by atoms with Crippen LogP contribution in [0.5, 0.6) is 0 Å². The van der Waals surface area contributed by atoms with Crippen molar-refractivity contribution in [1.82, 2.24) is 10.2 Å². The number of hydrogen-bond acceptors (Lipinski definition) is 3. The highest BCUT2D eigenvalue weighted by molar-refractivity contribution is 5.85. The molecule has 0 bridgehead atoms. The first kappa shape index (κ1) is 11.8. The number of carbonyl (C=O) groups excluding carboxylic acids is 2. The van der Waals surface area contributed by atoms with Crippen molar-refractivity contribution < 1.29 is 14.3 Å². The number of hydrogen-bond donors (Lipinski definition) is 1. The van der Waals surface area contributed by atoms with Gasteiger partial charge in [-0.05, 0) is 27.2 Å². The van der Waals surface area contributed by atoms with E-state index < -0.39 is 6.04 Å². The molecule has 1 unspecified atom stereocenters. The molecule has 0 radical (unpaired) electrons. The van der Waals surface area contributed by atoms with Gasteiger partial charge in [-0.1, -0.05) is 0 Å². The summed E-state index contributed by atoms with van der Waals surface area (Å²) in [5.74, 6) is -0.342. The molecule has 1 saturated heterocycles. The van der Waals surface area contributed by atoms with E-state index in [-0.39, 0.29) is 17.5 Å². The number of amides is 2. The summed E-state index contributed by atoms with van der Waals surface area (Å²) in [6.07, 6.45) is 0.685. The summed E-state index contributed by atoms with van der Waals surface area (Å²) in [4.78, 5) is 24.4. The summed E-state index contributed by atoms with van der Waals surface area (Å²) in [6.45, 7) is 6.31. The zero-order valence-corrected chi connectivity index (χ0v) is 9.66. The van der Waals surface area contributed by atoms with E-state index in [4.69, 9.17) is 0 Å². The van der Waals surface area contributed by atoms with Crippen molar-refractivity contribution in [2.75, 3.05) is 13.7 Å². The molecule has 5 heteroatoms. The fourth-order valence-corrected chi connectivity index (χ4v) is 1.40. The van der Waals surface area contributed by atoms with Crippen LogP contribution in [0.1, 0.15) is 27.2 Å². The summed E-state index contributed by atoms with van der Waals surface area (Å²) in [5.41, 5.74) is -0.284. The number of rotatable bonds is 1. The van der Waals surface area contributed by atoms with Crippen LogP contribution in [-0.4, -0.2) is 42.1 Å². The van der Waals surface area contributed by atoms with Gasteiger partial charge < -0.3 is 15.0 Å².